The summed E-state index contributed by atoms with van der Waals surface area (Å²) in [5, 5.41) is 13.3. The highest BCUT2D eigenvalue weighted by molar-refractivity contribution is 5.83. The van der Waals surface area contributed by atoms with E-state index in [-0.39, 0.29) is 5.56 Å². The molecule has 0 unspecified atom stereocenters. The number of fused-ring (bicyclic) bond motifs is 3. The van der Waals surface area contributed by atoms with Crippen LogP contribution in [0.4, 0.5) is 5.69 Å². The van der Waals surface area contributed by atoms with E-state index in [1.165, 1.54) is 4.40 Å². The smallest absolute Gasteiger partial charge is 0.265 e. The molecule has 2 aromatic carbocycles. The summed E-state index contributed by atoms with van der Waals surface area (Å²) >= 11 is 0. The minimum absolute atomic E-state index is 0.207. The zero-order valence-corrected chi connectivity index (χ0v) is 16.5. The number of pyridine rings is 1. The number of nitrogens with zero attached hydrogens (tertiary/aromatic N) is 3. The molecule has 0 amide bonds. The predicted octanol–water partition coefficient (Wildman–Crippen LogP) is 3.30. The van der Waals surface area contributed by atoms with Crippen molar-refractivity contribution in [1.29, 1.82) is 5.26 Å². The molecule has 0 atom stereocenters. The average Bonchev–Trinajstić information content (AvgIpc) is 3.08. The Balaban J connectivity index is 1.90. The maximum Gasteiger partial charge on any atom is 0.265 e. The zero-order chi connectivity index (χ0) is 20.5. The third-order valence-electron chi connectivity index (χ3n) is 4.91. The van der Waals surface area contributed by atoms with Gasteiger partial charge in [-0.3, -0.25) is 9.20 Å². The molecule has 0 saturated carbocycles. The number of imidazole rings is 1. The first-order valence-corrected chi connectivity index (χ1v) is 9.38. The van der Waals surface area contributed by atoms with Crippen LogP contribution < -0.4 is 20.8 Å². The van der Waals surface area contributed by atoms with Gasteiger partial charge in [0.25, 0.3) is 5.56 Å². The molecular weight excluding hydrogens is 364 g/mol. The van der Waals surface area contributed by atoms with Crippen molar-refractivity contribution >= 4 is 28.6 Å². The third-order valence-corrected chi connectivity index (χ3v) is 4.91. The van der Waals surface area contributed by atoms with E-state index in [1.807, 2.05) is 56.3 Å². The second kappa shape index (κ2) is 7.28. The summed E-state index contributed by atoms with van der Waals surface area (Å²) in [5.41, 5.74) is 4.46. The number of aryl methyl sites for hydroxylation is 1. The predicted molar refractivity (Wildman–Crippen MR) is 114 cm³/mol. The van der Waals surface area contributed by atoms with E-state index < -0.39 is 0 Å². The number of benzene rings is 2. The van der Waals surface area contributed by atoms with Crippen LogP contribution in [0.2, 0.25) is 0 Å². The molecule has 2 aromatic heterocycles. The summed E-state index contributed by atoms with van der Waals surface area (Å²) in [6.45, 7) is 6.28. The summed E-state index contributed by atoms with van der Waals surface area (Å²) in [6.07, 6.45) is 1.65. The number of aromatic nitrogens is 2. The Morgan fingerprint density at radius 2 is 1.97 bits per heavy atom. The summed E-state index contributed by atoms with van der Waals surface area (Å²) in [5.74, 6) is 0.784. The zero-order valence-electron chi connectivity index (χ0n) is 16.5. The molecule has 0 saturated heterocycles. The second-order valence-electron chi connectivity index (χ2n) is 6.84. The first-order chi connectivity index (χ1) is 14.0. The fourth-order valence-electron chi connectivity index (χ4n) is 3.42. The fraction of sp³-hybridized carbons (Fsp3) is 0.174. The molecule has 4 aromatic rings. The Labute approximate surface area is 167 Å². The molecule has 0 spiro atoms. The van der Waals surface area contributed by atoms with Gasteiger partial charge in [0.2, 0.25) is 0 Å². The molecule has 6 nitrogen and oxygen atoms in total. The van der Waals surface area contributed by atoms with Crippen LogP contribution in [0.3, 0.4) is 0 Å². The third kappa shape index (κ3) is 3.17. The van der Waals surface area contributed by atoms with E-state index in [2.05, 4.69) is 16.4 Å². The highest BCUT2D eigenvalue weighted by atomic mass is 16.5. The molecular formula is C23H20N4O2. The van der Waals surface area contributed by atoms with Crippen molar-refractivity contribution in [2.24, 2.45) is 0 Å². The van der Waals surface area contributed by atoms with Crippen molar-refractivity contribution in [3.05, 3.63) is 74.7 Å². The molecule has 6 heteroatoms. The van der Waals surface area contributed by atoms with Gasteiger partial charge >= 0.3 is 0 Å². The van der Waals surface area contributed by atoms with Gasteiger partial charge in [-0.2, -0.15) is 5.26 Å². The quantitative estimate of drug-likeness (QED) is 0.584. The lowest BCUT2D eigenvalue weighted by molar-refractivity contribution is 0.340. The first-order valence-electron chi connectivity index (χ1n) is 9.38. The van der Waals surface area contributed by atoms with Crippen molar-refractivity contribution in [3.63, 3.8) is 0 Å². The number of anilines is 1. The van der Waals surface area contributed by atoms with E-state index >= 15 is 0 Å². The number of ether oxygens (including phenoxy) is 1. The Bertz CT molecular complexity index is 1380. The molecule has 144 valence electrons. The Kier molecular flexibility index (Phi) is 4.65. The van der Waals surface area contributed by atoms with Crippen molar-refractivity contribution in [2.75, 3.05) is 11.9 Å². The highest BCUT2D eigenvalue weighted by Gasteiger charge is 2.16. The monoisotopic (exact) mass is 384 g/mol. The maximum absolute atomic E-state index is 13.3. The molecule has 0 aliphatic heterocycles. The number of nitriles is 1. The normalized spacial score (nSPS) is 11.7. The van der Waals surface area contributed by atoms with E-state index in [9.17, 15) is 10.1 Å². The van der Waals surface area contributed by atoms with Crippen LogP contribution in [0.15, 0.2) is 47.3 Å². The standard InChI is InChI=1S/C23H20N4O2/c1-4-29-17-8-6-16(7-9-17)25-13-19-15(3)18(12-24)22-26-20-11-14(2)5-10-21(20)27(22)23(19)28/h5-11,13,25H,4H2,1-3H3/b19-13+. The van der Waals surface area contributed by atoms with Gasteiger partial charge in [-0.25, -0.2) is 4.98 Å². The van der Waals surface area contributed by atoms with Gasteiger partial charge in [-0.1, -0.05) is 6.07 Å². The van der Waals surface area contributed by atoms with Crippen molar-refractivity contribution in [2.45, 2.75) is 20.8 Å². The van der Waals surface area contributed by atoms with Crippen LogP contribution in [0, 0.1) is 25.2 Å². The van der Waals surface area contributed by atoms with Gasteiger partial charge in [-0.15, -0.1) is 0 Å². The van der Waals surface area contributed by atoms with Crippen molar-refractivity contribution in [1.82, 2.24) is 9.38 Å². The Morgan fingerprint density at radius 3 is 2.66 bits per heavy atom. The molecule has 1 N–H and O–H groups in total. The van der Waals surface area contributed by atoms with Crippen LogP contribution in [0.25, 0.3) is 22.9 Å². The van der Waals surface area contributed by atoms with E-state index in [1.54, 1.807) is 13.1 Å². The first kappa shape index (κ1) is 18.5. The van der Waals surface area contributed by atoms with Crippen LogP contribution in [0.5, 0.6) is 5.75 Å². The number of hydrogen-bond donors (Lipinski definition) is 1. The summed E-state index contributed by atoms with van der Waals surface area (Å²) in [6, 6.07) is 15.4. The number of hydrogen-bond acceptors (Lipinski definition) is 5. The Hall–Kier alpha value is -3.85. The molecule has 0 aliphatic carbocycles. The minimum atomic E-state index is -0.207. The van der Waals surface area contributed by atoms with Gasteiger partial charge < -0.3 is 10.1 Å². The molecule has 29 heavy (non-hydrogen) atoms. The number of nitrogens with one attached hydrogen (secondary N) is 1. The molecule has 0 bridgehead atoms. The molecule has 0 fully saturated rings. The van der Waals surface area contributed by atoms with E-state index in [0.717, 1.165) is 17.0 Å². The topological polar surface area (TPSA) is 79.4 Å². The summed E-state index contributed by atoms with van der Waals surface area (Å²) < 4.78 is 6.97. The lowest BCUT2D eigenvalue weighted by Crippen LogP contribution is -2.34. The van der Waals surface area contributed by atoms with Crippen LogP contribution in [0.1, 0.15) is 23.6 Å². The lowest BCUT2D eigenvalue weighted by atomic mass is 10.1. The molecule has 0 radical (unpaired) electrons. The highest BCUT2D eigenvalue weighted by Crippen LogP contribution is 2.19. The average molecular weight is 384 g/mol. The largest absolute Gasteiger partial charge is 0.494 e. The summed E-state index contributed by atoms with van der Waals surface area (Å²) in [4.78, 5) is 17.8. The van der Waals surface area contributed by atoms with Gasteiger partial charge in [0.15, 0.2) is 5.65 Å². The minimum Gasteiger partial charge on any atom is -0.494 e. The maximum atomic E-state index is 13.3. The number of rotatable bonds is 4. The van der Waals surface area contributed by atoms with E-state index in [4.69, 9.17) is 4.74 Å². The fourth-order valence-corrected chi connectivity index (χ4v) is 3.42. The van der Waals surface area contributed by atoms with Gasteiger partial charge in [-0.05, 0) is 68.3 Å². The van der Waals surface area contributed by atoms with Crippen LogP contribution >= 0.6 is 0 Å². The van der Waals surface area contributed by atoms with Crippen molar-refractivity contribution in [3.8, 4) is 11.8 Å². The van der Waals surface area contributed by atoms with Gasteiger partial charge in [0.1, 0.15) is 11.8 Å². The molecule has 2 heterocycles. The SMILES string of the molecule is CCOc1ccc(N/C=c2\c(C)c(C#N)c3nc4cc(C)ccc4n3c2=O)cc1. The van der Waals surface area contributed by atoms with Gasteiger partial charge in [0.05, 0.1) is 28.4 Å². The van der Waals surface area contributed by atoms with Gasteiger partial charge in [0, 0.05) is 11.9 Å². The van der Waals surface area contributed by atoms with Crippen LogP contribution in [-0.4, -0.2) is 16.0 Å². The van der Waals surface area contributed by atoms with Crippen LogP contribution in [-0.2, 0) is 0 Å². The molecule has 0 aliphatic rings. The van der Waals surface area contributed by atoms with E-state index in [0.29, 0.717) is 39.6 Å². The molecule has 4 rings (SSSR count). The lowest BCUT2D eigenvalue weighted by Gasteiger charge is -2.06. The van der Waals surface area contributed by atoms with Crippen molar-refractivity contribution < 1.29 is 4.74 Å². The summed E-state index contributed by atoms with van der Waals surface area (Å²) in [7, 11) is 0. The second-order valence-corrected chi connectivity index (χ2v) is 6.84. The Morgan fingerprint density at radius 1 is 1.21 bits per heavy atom.